The number of furan rings is 1. The fraction of sp³-hybridized carbons (Fsp3) is 0.190. The highest BCUT2D eigenvalue weighted by Gasteiger charge is 2.22. The van der Waals surface area contributed by atoms with E-state index in [-0.39, 0.29) is 12.0 Å². The average Bonchev–Trinajstić information content (AvgIpc) is 3.27. The van der Waals surface area contributed by atoms with E-state index in [0.29, 0.717) is 22.3 Å². The molecule has 30 heavy (non-hydrogen) atoms. The number of carbonyl (C=O) groups is 3. The number of hydrogen-bond acceptors (Lipinski definition) is 8. The van der Waals surface area contributed by atoms with E-state index in [1.165, 1.54) is 18.0 Å². The number of hydrogen-bond donors (Lipinski definition) is 1. The largest absolute Gasteiger partial charge is 0.461 e. The van der Waals surface area contributed by atoms with Crippen molar-refractivity contribution in [2.45, 2.75) is 18.4 Å². The van der Waals surface area contributed by atoms with Crippen LogP contribution in [-0.4, -0.2) is 40.6 Å². The van der Waals surface area contributed by atoms with Crippen LogP contribution in [0.15, 0.2) is 58.2 Å². The quantitative estimate of drug-likeness (QED) is 0.349. The van der Waals surface area contributed by atoms with Crippen molar-refractivity contribution in [2.24, 2.45) is 0 Å². The number of thioether (sulfide) groups is 1. The summed E-state index contributed by atoms with van der Waals surface area (Å²) in [4.78, 5) is 45.1. The third kappa shape index (κ3) is 5.32. The fourth-order valence-corrected chi connectivity index (χ4v) is 3.28. The van der Waals surface area contributed by atoms with Crippen molar-refractivity contribution < 1.29 is 23.5 Å². The molecule has 0 saturated carbocycles. The first-order valence-corrected chi connectivity index (χ1v) is 10.2. The Morgan fingerprint density at radius 1 is 1.07 bits per heavy atom. The Bertz CT molecular complexity index is 1050. The smallest absolute Gasteiger partial charge is 0.343 e. The summed E-state index contributed by atoms with van der Waals surface area (Å²) in [5, 5.41) is 2.60. The first-order valence-electron chi connectivity index (χ1n) is 8.98. The summed E-state index contributed by atoms with van der Waals surface area (Å²) < 4.78 is 10.4. The van der Waals surface area contributed by atoms with Gasteiger partial charge >= 0.3 is 5.97 Å². The molecule has 0 bridgehead atoms. The number of rotatable bonds is 7. The molecule has 8 nitrogen and oxygen atoms in total. The van der Waals surface area contributed by atoms with Crippen LogP contribution in [-0.2, 0) is 20.7 Å². The van der Waals surface area contributed by atoms with E-state index in [4.69, 9.17) is 9.15 Å². The summed E-state index contributed by atoms with van der Waals surface area (Å²) in [5.41, 5.74) is 1.33. The number of aryl methyl sites for hydroxylation is 1. The first-order chi connectivity index (χ1) is 14.5. The van der Waals surface area contributed by atoms with E-state index in [9.17, 15) is 14.4 Å². The van der Waals surface area contributed by atoms with E-state index < -0.39 is 24.4 Å². The molecule has 9 heteroatoms. The van der Waals surface area contributed by atoms with Gasteiger partial charge in [-0.15, -0.1) is 11.8 Å². The van der Waals surface area contributed by atoms with Crippen molar-refractivity contribution >= 4 is 29.5 Å². The third-order valence-corrected chi connectivity index (χ3v) is 4.70. The molecule has 0 saturated heterocycles. The Labute approximate surface area is 177 Å². The molecule has 2 aromatic heterocycles. The van der Waals surface area contributed by atoms with Gasteiger partial charge in [-0.05, 0) is 30.9 Å². The molecule has 0 radical (unpaired) electrons. The topological polar surface area (TPSA) is 111 Å². The maximum Gasteiger partial charge on any atom is 0.343 e. The number of nitrogens with one attached hydrogen (secondary N) is 1. The highest BCUT2D eigenvalue weighted by atomic mass is 32.2. The fourth-order valence-electron chi connectivity index (χ4n) is 2.67. The second-order valence-corrected chi connectivity index (χ2v) is 7.00. The van der Waals surface area contributed by atoms with Gasteiger partial charge in [-0.25, -0.2) is 14.8 Å². The molecule has 1 aromatic carbocycles. The zero-order valence-corrected chi connectivity index (χ0v) is 17.2. The van der Waals surface area contributed by atoms with Crippen LogP contribution in [0.2, 0.25) is 0 Å². The van der Waals surface area contributed by atoms with Gasteiger partial charge in [0.05, 0.1) is 18.4 Å². The number of carbonyl (C=O) groups excluding carboxylic acids is 3. The van der Waals surface area contributed by atoms with Gasteiger partial charge < -0.3 is 9.15 Å². The second-order valence-electron chi connectivity index (χ2n) is 6.20. The van der Waals surface area contributed by atoms with E-state index in [1.807, 2.05) is 6.07 Å². The van der Waals surface area contributed by atoms with Crippen LogP contribution in [0.5, 0.6) is 0 Å². The third-order valence-electron chi connectivity index (χ3n) is 4.02. The number of imide groups is 1. The Morgan fingerprint density at radius 3 is 2.50 bits per heavy atom. The van der Waals surface area contributed by atoms with E-state index >= 15 is 0 Å². The van der Waals surface area contributed by atoms with Crippen LogP contribution in [0.1, 0.15) is 21.6 Å². The van der Waals surface area contributed by atoms with Crippen molar-refractivity contribution in [2.75, 3.05) is 12.9 Å². The minimum absolute atomic E-state index is 0.0539. The zero-order valence-electron chi connectivity index (χ0n) is 16.4. The summed E-state index contributed by atoms with van der Waals surface area (Å²) in [6.45, 7) is 1.06. The molecule has 154 valence electrons. The number of aromatic nitrogens is 2. The van der Waals surface area contributed by atoms with Crippen LogP contribution >= 0.6 is 11.8 Å². The maximum atomic E-state index is 12.5. The molecule has 3 rings (SSSR count). The Morgan fingerprint density at radius 2 is 1.83 bits per heavy atom. The van der Waals surface area contributed by atoms with Gasteiger partial charge in [0, 0.05) is 0 Å². The molecular formula is C21H19N3O5S. The summed E-state index contributed by atoms with van der Waals surface area (Å²) in [5.74, 6) is -1.10. The second kappa shape index (κ2) is 9.84. The minimum Gasteiger partial charge on any atom is -0.461 e. The lowest BCUT2D eigenvalue weighted by atomic mass is 10.1. The molecule has 0 aliphatic heterocycles. The molecule has 2 amide bonds. The monoisotopic (exact) mass is 425 g/mol. The molecule has 0 atom stereocenters. The summed E-state index contributed by atoms with van der Waals surface area (Å²) >= 11 is 1.25. The summed E-state index contributed by atoms with van der Waals surface area (Å²) in [6, 6.07) is 12.4. The van der Waals surface area contributed by atoms with Crippen LogP contribution < -0.4 is 5.32 Å². The number of benzene rings is 1. The minimum atomic E-state index is -0.742. The first kappa shape index (κ1) is 21.3. The van der Waals surface area contributed by atoms with Crippen molar-refractivity contribution in [1.29, 1.82) is 0 Å². The predicted molar refractivity (Wildman–Crippen MR) is 110 cm³/mol. The van der Waals surface area contributed by atoms with Crippen LogP contribution in [0.25, 0.3) is 11.6 Å². The Balaban J connectivity index is 1.61. The lowest BCUT2D eigenvalue weighted by Gasteiger charge is -2.11. The van der Waals surface area contributed by atoms with Crippen molar-refractivity contribution in [1.82, 2.24) is 15.3 Å². The summed E-state index contributed by atoms with van der Waals surface area (Å²) in [7, 11) is 0. The Hall–Kier alpha value is -3.46. The highest BCUT2D eigenvalue weighted by molar-refractivity contribution is 7.98. The number of amides is 2. The molecule has 1 N–H and O–H groups in total. The lowest BCUT2D eigenvalue weighted by Crippen LogP contribution is -2.35. The molecule has 0 aliphatic rings. The summed E-state index contributed by atoms with van der Waals surface area (Å²) in [6.07, 6.45) is 3.32. The van der Waals surface area contributed by atoms with Gasteiger partial charge in [-0.2, -0.15) is 0 Å². The van der Waals surface area contributed by atoms with Gasteiger partial charge in [-0.1, -0.05) is 30.3 Å². The maximum absolute atomic E-state index is 12.5. The van der Waals surface area contributed by atoms with E-state index in [0.717, 1.165) is 5.56 Å². The van der Waals surface area contributed by atoms with Crippen LogP contribution in [0.4, 0.5) is 0 Å². The van der Waals surface area contributed by atoms with Gasteiger partial charge in [0.15, 0.2) is 18.2 Å². The van der Waals surface area contributed by atoms with Crippen molar-refractivity contribution in [3.63, 3.8) is 0 Å². The standard InChI is InChI=1S/C21H19N3O5S/c1-13-18(20(30-2)24-19(22-13)15-9-6-10-28-15)21(27)29-12-17(26)23-16(25)11-14-7-4-3-5-8-14/h3-10H,11-12H2,1-2H3,(H,23,25,26). The zero-order chi connectivity index (χ0) is 21.5. The molecule has 0 aliphatic carbocycles. The normalized spacial score (nSPS) is 10.5. The molecule has 0 unspecified atom stereocenters. The van der Waals surface area contributed by atoms with E-state index in [2.05, 4.69) is 15.3 Å². The number of nitrogens with zero attached hydrogens (tertiary/aromatic N) is 2. The Kier molecular flexibility index (Phi) is 6.97. The van der Waals surface area contributed by atoms with Crippen LogP contribution in [0.3, 0.4) is 0 Å². The van der Waals surface area contributed by atoms with E-state index in [1.54, 1.807) is 49.6 Å². The highest BCUT2D eigenvalue weighted by Crippen LogP contribution is 2.25. The molecular weight excluding hydrogens is 406 g/mol. The lowest BCUT2D eigenvalue weighted by molar-refractivity contribution is -0.132. The van der Waals surface area contributed by atoms with Crippen molar-refractivity contribution in [3.8, 4) is 11.6 Å². The predicted octanol–water partition coefficient (Wildman–Crippen LogP) is 2.81. The molecule has 2 heterocycles. The molecule has 0 fully saturated rings. The molecule has 3 aromatic rings. The number of esters is 1. The van der Waals surface area contributed by atoms with Gasteiger partial charge in [0.25, 0.3) is 5.91 Å². The van der Waals surface area contributed by atoms with Crippen LogP contribution in [0, 0.1) is 6.92 Å². The molecule has 0 spiro atoms. The van der Waals surface area contributed by atoms with Gasteiger partial charge in [0.2, 0.25) is 5.91 Å². The average molecular weight is 425 g/mol. The van der Waals surface area contributed by atoms with Crippen molar-refractivity contribution in [3.05, 3.63) is 65.5 Å². The van der Waals surface area contributed by atoms with Gasteiger partial charge in [0.1, 0.15) is 10.6 Å². The SMILES string of the molecule is CSc1nc(-c2ccco2)nc(C)c1C(=O)OCC(=O)NC(=O)Cc1ccccc1. The number of ether oxygens (including phenoxy) is 1. The van der Waals surface area contributed by atoms with Gasteiger partial charge in [-0.3, -0.25) is 14.9 Å².